The summed E-state index contributed by atoms with van der Waals surface area (Å²) < 4.78 is 105. The Labute approximate surface area is 480 Å². The number of carboxylic acid groups (broad SMARTS) is 1. The first kappa shape index (κ1) is 58.9. The van der Waals surface area contributed by atoms with E-state index in [9.17, 15) is 41.0 Å². The maximum atomic E-state index is 12.9. The third-order valence-corrected chi connectivity index (χ3v) is 13.3. The number of halogens is 6. The maximum Gasteiger partial charge on any atom is 0.390 e. The van der Waals surface area contributed by atoms with E-state index in [1.807, 2.05) is 91.2 Å². The van der Waals surface area contributed by atoms with Crippen LogP contribution in [0.3, 0.4) is 0 Å². The van der Waals surface area contributed by atoms with Crippen molar-refractivity contribution in [1.82, 2.24) is 19.1 Å². The van der Waals surface area contributed by atoms with Crippen LogP contribution >= 0.6 is 0 Å². The molecule has 84 heavy (non-hydrogen) atoms. The first-order valence-electron chi connectivity index (χ1n) is 26.9. The fourth-order valence-corrected chi connectivity index (χ4v) is 9.13. The molecule has 0 unspecified atom stereocenters. The molecule has 0 amide bonds. The van der Waals surface area contributed by atoms with Gasteiger partial charge in [-0.2, -0.15) is 26.3 Å². The molecule has 0 fully saturated rings. The first-order chi connectivity index (χ1) is 40.4. The average Bonchev–Trinajstić information content (AvgIpc) is 4.13. The molecule has 0 bridgehead atoms. The zero-order chi connectivity index (χ0) is 59.4. The van der Waals surface area contributed by atoms with E-state index in [0.717, 1.165) is 28.8 Å². The monoisotopic (exact) mass is 1150 g/mol. The van der Waals surface area contributed by atoms with Gasteiger partial charge < -0.3 is 34.7 Å². The van der Waals surface area contributed by atoms with Crippen LogP contribution in [-0.4, -0.2) is 61.4 Å². The zero-order valence-electron chi connectivity index (χ0n) is 45.9. The molecule has 10 rings (SSSR count). The number of benzene rings is 8. The number of nitrogens with one attached hydrogen (secondary N) is 2. The number of nitrogens with zero attached hydrogens (tertiary/aromatic N) is 4. The van der Waals surface area contributed by atoms with Gasteiger partial charge in [-0.1, -0.05) is 67.6 Å². The Kier molecular flexibility index (Phi) is 18.5. The lowest BCUT2D eigenvalue weighted by molar-refractivity contribution is -0.132. The molecule has 13 nitrogen and oxygen atoms in total. The molecule has 19 heteroatoms. The predicted octanol–water partition coefficient (Wildman–Crippen LogP) is 16.8. The summed E-state index contributed by atoms with van der Waals surface area (Å²) in [5.74, 6) is 2.23. The van der Waals surface area contributed by atoms with Crippen molar-refractivity contribution < 1.29 is 60.0 Å². The summed E-state index contributed by atoms with van der Waals surface area (Å²) in [6.45, 7) is 5.75. The van der Waals surface area contributed by atoms with Gasteiger partial charge in [-0.05, 0) is 127 Å². The van der Waals surface area contributed by atoms with Crippen molar-refractivity contribution in [2.24, 2.45) is 0 Å². The molecule has 0 spiro atoms. The second kappa shape index (κ2) is 26.4. The van der Waals surface area contributed by atoms with Crippen LogP contribution in [0, 0.1) is 13.8 Å². The number of hydrogen-bond donors (Lipinski definition) is 3. The number of rotatable bonds is 22. The number of aromatic nitrogens is 4. The molecule has 0 radical (unpaired) electrons. The SMILES string of the molecule is CCCC(=O)c1ccc(-n2cnc3c(NCCC(F)(F)F)cc(Oc4ccc(OCc5ccccc5)cc4)cc32)cc1C.Cc1cc(-n2cnc3c(NCCC(F)(F)F)cc(Oc4ccc(OCc5ccccc5)cc4)cc32)ccc1C(=O)O. The highest BCUT2D eigenvalue weighted by atomic mass is 19.4. The number of carbonyl (C=O) groups is 2. The topological polar surface area (TPSA) is 151 Å². The van der Waals surface area contributed by atoms with Crippen LogP contribution in [0.1, 0.15) is 75.6 Å². The Hall–Kier alpha value is -9.78. The van der Waals surface area contributed by atoms with Crippen LogP contribution < -0.4 is 29.6 Å². The van der Waals surface area contributed by atoms with Gasteiger partial charge in [-0.25, -0.2) is 14.8 Å². The number of aromatic carboxylic acids is 1. The largest absolute Gasteiger partial charge is 0.489 e. The second-order valence-electron chi connectivity index (χ2n) is 19.7. The van der Waals surface area contributed by atoms with Crippen LogP contribution in [-0.2, 0) is 13.2 Å². The lowest BCUT2D eigenvalue weighted by atomic mass is 10.0. The normalized spacial score (nSPS) is 11.4. The van der Waals surface area contributed by atoms with Gasteiger partial charge in [0.15, 0.2) is 5.78 Å². The minimum Gasteiger partial charge on any atom is -0.489 e. The van der Waals surface area contributed by atoms with Crippen LogP contribution in [0.5, 0.6) is 34.5 Å². The maximum absolute atomic E-state index is 12.9. The summed E-state index contributed by atoms with van der Waals surface area (Å²) in [6, 6.07) is 51.0. The lowest BCUT2D eigenvalue weighted by Crippen LogP contribution is -2.14. The van der Waals surface area contributed by atoms with Gasteiger partial charge in [0.2, 0.25) is 0 Å². The summed E-state index contributed by atoms with van der Waals surface area (Å²) in [5.41, 5.74) is 8.71. The van der Waals surface area contributed by atoms with E-state index >= 15 is 0 Å². The number of fused-ring (bicyclic) bond motifs is 2. The van der Waals surface area contributed by atoms with Gasteiger partial charge in [0, 0.05) is 60.7 Å². The Morgan fingerprint density at radius 3 is 1.30 bits per heavy atom. The Morgan fingerprint density at radius 1 is 0.512 bits per heavy atom. The van der Waals surface area contributed by atoms with Crippen molar-refractivity contribution in [2.45, 2.75) is 72.0 Å². The van der Waals surface area contributed by atoms with E-state index in [-0.39, 0.29) is 24.4 Å². The highest BCUT2D eigenvalue weighted by Crippen LogP contribution is 2.37. The van der Waals surface area contributed by atoms with E-state index in [1.165, 1.54) is 12.4 Å². The van der Waals surface area contributed by atoms with Crippen molar-refractivity contribution in [3.63, 3.8) is 0 Å². The number of carboxylic acids is 1. The van der Waals surface area contributed by atoms with Gasteiger partial charge in [0.25, 0.3) is 0 Å². The number of hydrogen-bond acceptors (Lipinski definition) is 10. The smallest absolute Gasteiger partial charge is 0.390 e. The lowest BCUT2D eigenvalue weighted by Gasteiger charge is -2.14. The first-order valence-corrected chi connectivity index (χ1v) is 26.9. The number of ether oxygens (including phenoxy) is 4. The van der Waals surface area contributed by atoms with Crippen LogP contribution in [0.2, 0.25) is 0 Å². The Bertz CT molecular complexity index is 3870. The molecule has 2 heterocycles. The molecule has 0 atom stereocenters. The predicted molar refractivity (Wildman–Crippen MR) is 311 cm³/mol. The standard InChI is InChI=1S/C34H32F3N3O3.C31H26F3N3O4/c1-3-7-32(41)29-15-10-25(18-23(29)2)40-22-39-33-30(38-17-16-34(35,36)37)19-28(20-31(33)40)43-27-13-11-26(12-14-27)42-21-24-8-5-4-6-9-24;1-20-15-22(7-12-26(20)30(38)39)37-19-36-29-27(35-14-13-31(32,33)34)16-25(17-28(29)37)41-24-10-8-23(9-11-24)40-18-21-5-3-2-4-6-21/h4-6,8-15,18-20,22,38H,3,7,16-17,21H2,1-2H3;2-12,15-17,19,35H,13-14,18H2,1H3,(H,38,39). The van der Waals surface area contributed by atoms with E-state index in [4.69, 9.17) is 18.9 Å². The van der Waals surface area contributed by atoms with E-state index in [2.05, 4.69) is 20.6 Å². The zero-order valence-corrected chi connectivity index (χ0v) is 45.9. The molecule has 0 aliphatic carbocycles. The summed E-state index contributed by atoms with van der Waals surface area (Å²) >= 11 is 0. The van der Waals surface area contributed by atoms with Gasteiger partial charge in [0.1, 0.15) is 71.4 Å². The van der Waals surface area contributed by atoms with Crippen molar-refractivity contribution >= 4 is 45.2 Å². The number of imidazole rings is 2. The molecule has 3 N–H and O–H groups in total. The van der Waals surface area contributed by atoms with Gasteiger partial charge in [0.05, 0.1) is 40.8 Å². The second-order valence-corrected chi connectivity index (χ2v) is 19.7. The number of anilines is 2. The summed E-state index contributed by atoms with van der Waals surface area (Å²) in [5, 5.41) is 15.1. The molecular weight excluding hydrogens is 1090 g/mol. The molecule has 0 saturated carbocycles. The van der Waals surface area contributed by atoms with E-state index in [0.29, 0.717) is 104 Å². The molecule has 10 aromatic rings. The van der Waals surface area contributed by atoms with Crippen LogP contribution in [0.25, 0.3) is 33.4 Å². The van der Waals surface area contributed by atoms with E-state index < -0.39 is 31.2 Å². The highest BCUT2D eigenvalue weighted by molar-refractivity contribution is 5.98. The average molecular weight is 1150 g/mol. The van der Waals surface area contributed by atoms with E-state index in [1.54, 1.807) is 109 Å². The third-order valence-electron chi connectivity index (χ3n) is 13.3. The van der Waals surface area contributed by atoms with Gasteiger partial charge in [-0.3, -0.25) is 13.9 Å². The molecule has 432 valence electrons. The molecule has 0 aliphatic heterocycles. The van der Waals surface area contributed by atoms with Crippen LogP contribution in [0.15, 0.2) is 183 Å². The molecule has 2 aromatic heterocycles. The number of Topliss-reactive ketones (excluding diaryl/α,β-unsaturated/α-hetero) is 1. The highest BCUT2D eigenvalue weighted by Gasteiger charge is 2.28. The van der Waals surface area contributed by atoms with Crippen molar-refractivity contribution in [3.8, 4) is 45.9 Å². The quantitative estimate of drug-likeness (QED) is 0.0439. The summed E-state index contributed by atoms with van der Waals surface area (Å²) in [6.07, 6.45) is -6.21. The number of carbonyl (C=O) groups excluding carboxylic acids is 1. The fourth-order valence-electron chi connectivity index (χ4n) is 9.13. The number of aryl methyl sites for hydroxylation is 2. The number of ketones is 1. The van der Waals surface area contributed by atoms with Crippen molar-refractivity contribution in [2.75, 3.05) is 23.7 Å². The van der Waals surface area contributed by atoms with Gasteiger partial charge >= 0.3 is 18.3 Å². The Balaban J connectivity index is 0.000000202. The fraction of sp³-hybridized carbons (Fsp3) is 0.200. The van der Waals surface area contributed by atoms with Crippen molar-refractivity contribution in [1.29, 1.82) is 0 Å². The minimum atomic E-state index is -4.31. The Morgan fingerprint density at radius 2 is 0.917 bits per heavy atom. The summed E-state index contributed by atoms with van der Waals surface area (Å²) in [4.78, 5) is 32.9. The summed E-state index contributed by atoms with van der Waals surface area (Å²) in [7, 11) is 0. The molecule has 0 aliphatic rings. The van der Waals surface area contributed by atoms with Gasteiger partial charge in [-0.15, -0.1) is 0 Å². The number of alkyl halides is 6. The van der Waals surface area contributed by atoms with Crippen molar-refractivity contribution in [3.05, 3.63) is 216 Å². The molecule has 0 saturated heterocycles. The molecule has 8 aromatic carbocycles. The third kappa shape index (κ3) is 15.6. The minimum absolute atomic E-state index is 0.0883. The molecular formula is C65H58F6N6O7. The van der Waals surface area contributed by atoms with Crippen LogP contribution in [0.4, 0.5) is 37.7 Å².